The Kier molecular flexibility index (Phi) is 9.38. The minimum Gasteiger partial charge on any atom is -0.433 e. The summed E-state index contributed by atoms with van der Waals surface area (Å²) >= 11 is 0. The highest BCUT2D eigenvalue weighted by molar-refractivity contribution is 7.92. The van der Waals surface area contributed by atoms with Crippen LogP contribution in [0.15, 0.2) is 35.5 Å². The van der Waals surface area contributed by atoms with Gasteiger partial charge in [-0.1, -0.05) is 6.07 Å². The van der Waals surface area contributed by atoms with E-state index in [-0.39, 0.29) is 50.9 Å². The van der Waals surface area contributed by atoms with Crippen LogP contribution in [-0.4, -0.2) is 79.0 Å². The molecule has 1 saturated carbocycles. The number of nitriles is 1. The lowest BCUT2D eigenvalue weighted by atomic mass is 9.88. The first-order valence-electron chi connectivity index (χ1n) is 13.5. The maximum Gasteiger partial charge on any atom is 0.527 e. The maximum atomic E-state index is 14.1. The lowest BCUT2D eigenvalue weighted by molar-refractivity contribution is -0.147. The van der Waals surface area contributed by atoms with Crippen LogP contribution >= 0.6 is 0 Å². The Morgan fingerprint density at radius 2 is 1.91 bits per heavy atom. The summed E-state index contributed by atoms with van der Waals surface area (Å²) in [6, 6.07) is 5.11. The van der Waals surface area contributed by atoms with E-state index in [2.05, 4.69) is 16.5 Å². The van der Waals surface area contributed by atoms with E-state index in [4.69, 9.17) is 14.3 Å². The zero-order valence-corrected chi connectivity index (χ0v) is 24.6. The topological polar surface area (TPSA) is 153 Å². The summed E-state index contributed by atoms with van der Waals surface area (Å²) in [5.41, 5.74) is -2.10. The van der Waals surface area contributed by atoms with Crippen LogP contribution in [0.25, 0.3) is 11.1 Å². The number of methoxy groups -OCH3 is 1. The fourth-order valence-corrected chi connectivity index (χ4v) is 7.48. The molecule has 12 nitrogen and oxygen atoms in total. The quantitative estimate of drug-likeness (QED) is 0.432. The molecule has 1 aromatic carbocycles. The summed E-state index contributed by atoms with van der Waals surface area (Å²) < 4.78 is 81.3. The lowest BCUT2D eigenvalue weighted by Crippen LogP contribution is -2.56. The van der Waals surface area contributed by atoms with Crippen molar-refractivity contribution in [2.45, 2.75) is 60.6 Å². The zero-order chi connectivity index (χ0) is 31.6. The van der Waals surface area contributed by atoms with Crippen molar-refractivity contribution in [2.75, 3.05) is 26.8 Å². The number of rotatable bonds is 8. The van der Waals surface area contributed by atoms with E-state index < -0.39 is 61.3 Å². The predicted octanol–water partition coefficient (Wildman–Crippen LogP) is 3.24. The van der Waals surface area contributed by atoms with Crippen molar-refractivity contribution < 1.29 is 45.5 Å². The number of hydrogen-bond donors (Lipinski definition) is 1. The number of carbonyl (C=O) groups excluding carboxylic acids is 2. The van der Waals surface area contributed by atoms with E-state index in [0.717, 1.165) is 12.1 Å². The number of aryl methyl sites for hydroxylation is 1. The number of alkyl halides is 3. The average molecular weight is 628 g/mol. The van der Waals surface area contributed by atoms with Crippen LogP contribution in [0.1, 0.15) is 38.2 Å². The number of aromatic nitrogens is 2. The molecule has 43 heavy (non-hydrogen) atoms. The van der Waals surface area contributed by atoms with Gasteiger partial charge in [0.25, 0.3) is 0 Å². The van der Waals surface area contributed by atoms with Gasteiger partial charge in [0.1, 0.15) is 5.54 Å². The summed E-state index contributed by atoms with van der Waals surface area (Å²) in [6.45, 7) is 1.99. The fraction of sp³-hybridized carbons (Fsp3) is 0.556. The second-order valence-corrected chi connectivity index (χ2v) is 12.7. The first-order chi connectivity index (χ1) is 20.2. The van der Waals surface area contributed by atoms with Crippen molar-refractivity contribution in [3.8, 4) is 17.2 Å². The molecule has 1 amide bonds. The predicted molar refractivity (Wildman–Crippen MR) is 144 cm³/mol. The number of halogens is 3. The van der Waals surface area contributed by atoms with Gasteiger partial charge in [0.15, 0.2) is 9.84 Å². The van der Waals surface area contributed by atoms with Gasteiger partial charge in [-0.15, -0.1) is 5.06 Å². The second kappa shape index (κ2) is 12.5. The van der Waals surface area contributed by atoms with E-state index >= 15 is 0 Å². The largest absolute Gasteiger partial charge is 0.527 e. The third-order valence-corrected chi connectivity index (χ3v) is 10.0. The summed E-state index contributed by atoms with van der Waals surface area (Å²) in [4.78, 5) is 29.1. The van der Waals surface area contributed by atoms with Gasteiger partial charge in [0.05, 0.1) is 46.6 Å². The molecular weight excluding hydrogens is 595 g/mol. The number of sulfone groups is 1. The molecule has 0 unspecified atom stereocenters. The minimum absolute atomic E-state index is 0.0962. The normalized spacial score (nSPS) is 22.5. The standard InChI is InChI=1S/C27H32F3N5O7S/c1-4-41-25(37)42-35-9-7-26(16-31,8-10-35)33-24(36)20-12-19(13-22(20)40-3)43(38,39)23-6-5-17(11-21(23)27(28,29)30)18-14-32-34(2)15-18/h5-6,11,14-15,19-20,22H,4,7-10,12-13H2,1-3H3,(H,33,36)/t19-,20-,22-/m1/s1. The second-order valence-electron chi connectivity index (χ2n) is 10.5. The van der Waals surface area contributed by atoms with E-state index in [1.807, 2.05) is 0 Å². The van der Waals surface area contributed by atoms with Gasteiger partial charge in [0.2, 0.25) is 5.91 Å². The Labute approximate surface area is 246 Å². The van der Waals surface area contributed by atoms with Crippen molar-refractivity contribution in [1.29, 1.82) is 5.26 Å². The van der Waals surface area contributed by atoms with E-state index in [1.165, 1.54) is 35.3 Å². The molecule has 1 saturated heterocycles. The molecule has 3 atom stereocenters. The van der Waals surface area contributed by atoms with Gasteiger partial charge in [-0.25, -0.2) is 13.2 Å². The van der Waals surface area contributed by atoms with Crippen molar-refractivity contribution in [1.82, 2.24) is 20.2 Å². The van der Waals surface area contributed by atoms with Crippen LogP contribution in [0.5, 0.6) is 0 Å². The average Bonchev–Trinajstić information content (AvgIpc) is 3.60. The molecule has 2 aromatic rings. The van der Waals surface area contributed by atoms with Crippen LogP contribution in [0.4, 0.5) is 18.0 Å². The number of carbonyl (C=O) groups is 2. The number of nitrogens with one attached hydrogen (secondary N) is 1. The number of nitrogens with zero attached hydrogens (tertiary/aromatic N) is 4. The van der Waals surface area contributed by atoms with E-state index in [9.17, 15) is 36.4 Å². The van der Waals surface area contributed by atoms with Gasteiger partial charge in [-0.05, 0) is 50.3 Å². The highest BCUT2D eigenvalue weighted by Gasteiger charge is 2.49. The molecule has 1 N–H and O–H groups in total. The molecule has 1 aromatic heterocycles. The van der Waals surface area contributed by atoms with Gasteiger partial charge >= 0.3 is 12.3 Å². The Hall–Kier alpha value is -3.68. The Morgan fingerprint density at radius 1 is 1.21 bits per heavy atom. The Morgan fingerprint density at radius 3 is 2.47 bits per heavy atom. The number of hydrogen-bond acceptors (Lipinski definition) is 10. The van der Waals surface area contributed by atoms with Crippen molar-refractivity contribution >= 4 is 21.9 Å². The van der Waals surface area contributed by atoms with Crippen LogP contribution in [0.2, 0.25) is 0 Å². The molecule has 2 aliphatic rings. The SMILES string of the molecule is CCOC(=O)ON1CCC(C#N)(NC(=O)[C@@H]2C[C@@H](S(=O)(=O)c3ccc(-c4cnn(C)c4)cc3C(F)(F)F)C[C@H]2OC)CC1. The molecule has 0 bridgehead atoms. The highest BCUT2D eigenvalue weighted by Crippen LogP contribution is 2.42. The minimum atomic E-state index is -4.97. The summed E-state index contributed by atoms with van der Waals surface area (Å²) in [6.07, 6.45) is -4.20. The number of benzene rings is 1. The molecule has 234 valence electrons. The lowest BCUT2D eigenvalue weighted by Gasteiger charge is -2.37. The van der Waals surface area contributed by atoms with Gasteiger partial charge in [-0.3, -0.25) is 9.48 Å². The summed E-state index contributed by atoms with van der Waals surface area (Å²) in [5.74, 6) is -1.68. The van der Waals surface area contributed by atoms with Crippen molar-refractivity contribution in [3.63, 3.8) is 0 Å². The smallest absolute Gasteiger partial charge is 0.433 e. The zero-order valence-electron chi connectivity index (χ0n) is 23.8. The Bertz CT molecular complexity index is 1500. The van der Waals surface area contributed by atoms with E-state index in [0.29, 0.717) is 5.56 Å². The first-order valence-corrected chi connectivity index (χ1v) is 15.1. The number of piperidine rings is 1. The molecule has 0 spiro atoms. The van der Waals surface area contributed by atoms with Gasteiger partial charge in [0, 0.05) is 39.0 Å². The number of amides is 1. The van der Waals surface area contributed by atoms with Crippen LogP contribution in [0.3, 0.4) is 0 Å². The van der Waals surface area contributed by atoms with Crippen molar-refractivity contribution in [2.24, 2.45) is 13.0 Å². The van der Waals surface area contributed by atoms with Gasteiger partial charge in [-0.2, -0.15) is 23.5 Å². The van der Waals surface area contributed by atoms with Crippen molar-refractivity contribution in [3.05, 3.63) is 36.2 Å². The third kappa shape index (κ3) is 6.94. The summed E-state index contributed by atoms with van der Waals surface area (Å²) in [5, 5.41) is 16.5. The molecular formula is C27H32F3N5O7S. The van der Waals surface area contributed by atoms with Crippen LogP contribution in [0, 0.1) is 17.2 Å². The monoisotopic (exact) mass is 627 g/mol. The molecule has 4 rings (SSSR count). The Balaban J connectivity index is 1.52. The molecule has 16 heteroatoms. The van der Waals surface area contributed by atoms with E-state index in [1.54, 1.807) is 14.0 Å². The maximum absolute atomic E-state index is 14.1. The van der Waals surface area contributed by atoms with Crippen LogP contribution < -0.4 is 5.32 Å². The molecule has 1 aliphatic carbocycles. The molecule has 2 heterocycles. The first kappa shape index (κ1) is 32.2. The molecule has 0 radical (unpaired) electrons. The van der Waals surface area contributed by atoms with Gasteiger partial charge < -0.3 is 19.6 Å². The molecule has 1 aliphatic heterocycles. The number of ether oxygens (including phenoxy) is 2. The number of hydroxylamine groups is 2. The highest BCUT2D eigenvalue weighted by atomic mass is 32.2. The van der Waals surface area contributed by atoms with Crippen LogP contribution in [-0.2, 0) is 42.2 Å². The fourth-order valence-electron chi connectivity index (χ4n) is 5.48. The third-order valence-electron chi connectivity index (χ3n) is 7.79. The molecule has 2 fully saturated rings. The summed E-state index contributed by atoms with van der Waals surface area (Å²) in [7, 11) is -1.67.